The van der Waals surface area contributed by atoms with Crippen molar-refractivity contribution in [2.24, 2.45) is 0 Å². The van der Waals surface area contributed by atoms with Crippen LogP contribution in [0.5, 0.6) is 11.5 Å². The minimum absolute atomic E-state index is 0.0874. The van der Waals surface area contributed by atoms with Crippen LogP contribution in [0.25, 0.3) is 0 Å². The van der Waals surface area contributed by atoms with Gasteiger partial charge in [-0.2, -0.15) is 0 Å². The first-order valence-electron chi connectivity index (χ1n) is 7.11. The van der Waals surface area contributed by atoms with Crippen molar-refractivity contribution in [3.05, 3.63) is 23.8 Å². The molecule has 1 N–H and O–H groups in total. The number of hydrogen-bond acceptors (Lipinski definition) is 6. The molecule has 0 bridgehead atoms. The molecule has 1 aromatic carbocycles. The smallest absolute Gasteiger partial charge is 0.307 e. The van der Waals surface area contributed by atoms with Crippen LogP contribution in [0.1, 0.15) is 23.7 Å². The van der Waals surface area contributed by atoms with Crippen molar-refractivity contribution >= 4 is 11.9 Å². The summed E-state index contributed by atoms with van der Waals surface area (Å²) in [6.07, 6.45) is 0.0874. The Balaban J connectivity index is 2.04. The summed E-state index contributed by atoms with van der Waals surface area (Å²) in [5.41, 5.74) is 0.418. The van der Waals surface area contributed by atoms with E-state index in [4.69, 9.17) is 19.3 Å². The van der Waals surface area contributed by atoms with E-state index in [9.17, 15) is 9.59 Å². The third-order valence-corrected chi connectivity index (χ3v) is 3.17. The van der Waals surface area contributed by atoms with Gasteiger partial charge in [-0.3, -0.25) is 9.59 Å². The Bertz CT molecular complexity index is 545. The Morgan fingerprint density at radius 1 is 1.27 bits per heavy atom. The maximum Gasteiger partial charge on any atom is 0.307 e. The minimum Gasteiger partial charge on any atom is -0.466 e. The lowest BCUT2D eigenvalue weighted by molar-refractivity contribution is -0.143. The van der Waals surface area contributed by atoms with E-state index >= 15 is 0 Å². The van der Waals surface area contributed by atoms with Gasteiger partial charge in [0.1, 0.15) is 0 Å². The van der Waals surface area contributed by atoms with Crippen molar-refractivity contribution in [1.29, 1.82) is 0 Å². The molecule has 1 aliphatic heterocycles. The van der Waals surface area contributed by atoms with Gasteiger partial charge in [-0.15, -0.1) is 0 Å². The second kappa shape index (κ2) is 7.65. The van der Waals surface area contributed by atoms with Gasteiger partial charge in [0, 0.05) is 18.7 Å². The van der Waals surface area contributed by atoms with E-state index in [0.717, 1.165) is 0 Å². The van der Waals surface area contributed by atoms with Gasteiger partial charge in [0.25, 0.3) is 5.91 Å². The number of fused-ring (bicyclic) bond motifs is 1. The SMILES string of the molecule is CCOC(=O)CCN(CCO)C(=O)c1ccc2c(c1)OCO2. The molecule has 0 saturated carbocycles. The fourth-order valence-corrected chi connectivity index (χ4v) is 2.11. The normalized spacial score (nSPS) is 12.1. The summed E-state index contributed by atoms with van der Waals surface area (Å²) in [4.78, 5) is 25.3. The number of hydrogen-bond donors (Lipinski definition) is 1. The van der Waals surface area contributed by atoms with E-state index in [1.165, 1.54) is 4.90 Å². The fraction of sp³-hybridized carbons (Fsp3) is 0.467. The van der Waals surface area contributed by atoms with Gasteiger partial charge in [-0.1, -0.05) is 0 Å². The van der Waals surface area contributed by atoms with E-state index in [1.807, 2.05) is 0 Å². The Labute approximate surface area is 128 Å². The van der Waals surface area contributed by atoms with Gasteiger partial charge in [-0.05, 0) is 25.1 Å². The third-order valence-electron chi connectivity index (χ3n) is 3.17. The molecule has 1 aliphatic rings. The first-order valence-corrected chi connectivity index (χ1v) is 7.11. The molecule has 0 aromatic heterocycles. The Morgan fingerprint density at radius 3 is 2.77 bits per heavy atom. The second-order valence-corrected chi connectivity index (χ2v) is 4.64. The highest BCUT2D eigenvalue weighted by atomic mass is 16.7. The molecule has 0 fully saturated rings. The number of carbonyl (C=O) groups is 2. The van der Waals surface area contributed by atoms with Crippen LogP contribution in [0.2, 0.25) is 0 Å². The standard InChI is InChI=1S/C15H19NO6/c1-2-20-14(18)5-6-16(7-8-17)15(19)11-3-4-12-13(9-11)22-10-21-12/h3-4,9,17H,2,5-8,10H2,1H3. The maximum atomic E-state index is 12.5. The van der Waals surface area contributed by atoms with Crippen molar-refractivity contribution in [1.82, 2.24) is 4.90 Å². The van der Waals surface area contributed by atoms with E-state index in [0.29, 0.717) is 23.7 Å². The third kappa shape index (κ3) is 3.88. The molecule has 1 aromatic rings. The zero-order valence-electron chi connectivity index (χ0n) is 12.4. The lowest BCUT2D eigenvalue weighted by atomic mass is 10.1. The first-order chi connectivity index (χ1) is 10.7. The molecular formula is C15H19NO6. The second-order valence-electron chi connectivity index (χ2n) is 4.64. The molecular weight excluding hydrogens is 290 g/mol. The number of benzene rings is 1. The quantitative estimate of drug-likeness (QED) is 0.750. The van der Waals surface area contributed by atoms with Crippen molar-refractivity contribution in [2.45, 2.75) is 13.3 Å². The van der Waals surface area contributed by atoms with Crippen molar-refractivity contribution in [3.63, 3.8) is 0 Å². The number of rotatable bonds is 7. The Hall–Kier alpha value is -2.28. The number of aliphatic hydroxyl groups is 1. The summed E-state index contributed by atoms with van der Waals surface area (Å²) in [7, 11) is 0. The molecule has 22 heavy (non-hydrogen) atoms. The molecule has 0 radical (unpaired) electrons. The average Bonchev–Trinajstić information content (AvgIpc) is 2.98. The van der Waals surface area contributed by atoms with Crippen LogP contribution in [0.4, 0.5) is 0 Å². The number of carbonyl (C=O) groups excluding carboxylic acids is 2. The van der Waals surface area contributed by atoms with Gasteiger partial charge in [-0.25, -0.2) is 0 Å². The van der Waals surface area contributed by atoms with Crippen LogP contribution in [0.15, 0.2) is 18.2 Å². The van der Waals surface area contributed by atoms with E-state index < -0.39 is 0 Å². The number of esters is 1. The topological polar surface area (TPSA) is 85.3 Å². The van der Waals surface area contributed by atoms with Crippen LogP contribution < -0.4 is 9.47 Å². The van der Waals surface area contributed by atoms with Gasteiger partial charge < -0.3 is 24.2 Å². The number of aliphatic hydroxyl groups excluding tert-OH is 1. The molecule has 2 rings (SSSR count). The molecule has 7 heteroatoms. The largest absolute Gasteiger partial charge is 0.466 e. The van der Waals surface area contributed by atoms with Gasteiger partial charge >= 0.3 is 5.97 Å². The summed E-state index contributed by atoms with van der Waals surface area (Å²) in [6, 6.07) is 4.89. The van der Waals surface area contributed by atoms with Gasteiger partial charge in [0.15, 0.2) is 11.5 Å². The fourth-order valence-electron chi connectivity index (χ4n) is 2.11. The van der Waals surface area contributed by atoms with Crippen LogP contribution in [0, 0.1) is 0 Å². The van der Waals surface area contributed by atoms with Gasteiger partial charge in [0.05, 0.1) is 19.6 Å². The molecule has 1 heterocycles. The van der Waals surface area contributed by atoms with E-state index in [2.05, 4.69) is 0 Å². The number of nitrogens with zero attached hydrogens (tertiary/aromatic N) is 1. The van der Waals surface area contributed by atoms with Crippen molar-refractivity contribution in [3.8, 4) is 11.5 Å². The predicted molar refractivity (Wildman–Crippen MR) is 76.8 cm³/mol. The summed E-state index contributed by atoms with van der Waals surface area (Å²) < 4.78 is 15.3. The molecule has 0 aliphatic carbocycles. The summed E-state index contributed by atoms with van der Waals surface area (Å²) in [6.45, 7) is 2.31. The summed E-state index contributed by atoms with van der Waals surface area (Å²) in [5, 5.41) is 9.10. The Morgan fingerprint density at radius 2 is 2.05 bits per heavy atom. The molecule has 120 valence electrons. The van der Waals surface area contributed by atoms with Crippen LogP contribution in [-0.2, 0) is 9.53 Å². The minimum atomic E-state index is -0.371. The summed E-state index contributed by atoms with van der Waals surface area (Å²) in [5.74, 6) is 0.456. The highest BCUT2D eigenvalue weighted by molar-refractivity contribution is 5.95. The number of amides is 1. The molecule has 0 unspecified atom stereocenters. The first kappa shape index (κ1) is 16.1. The molecule has 0 saturated heterocycles. The lowest BCUT2D eigenvalue weighted by Crippen LogP contribution is -2.35. The van der Waals surface area contributed by atoms with Crippen LogP contribution in [0.3, 0.4) is 0 Å². The van der Waals surface area contributed by atoms with Crippen LogP contribution >= 0.6 is 0 Å². The van der Waals surface area contributed by atoms with Crippen molar-refractivity contribution in [2.75, 3.05) is 33.1 Å². The molecule has 0 atom stereocenters. The van der Waals surface area contributed by atoms with Crippen LogP contribution in [-0.4, -0.2) is 55.0 Å². The zero-order valence-corrected chi connectivity index (χ0v) is 12.4. The van der Waals surface area contributed by atoms with Crippen molar-refractivity contribution < 1.29 is 28.9 Å². The predicted octanol–water partition coefficient (Wildman–Crippen LogP) is 0.803. The average molecular weight is 309 g/mol. The molecule has 0 spiro atoms. The zero-order chi connectivity index (χ0) is 15.9. The van der Waals surface area contributed by atoms with E-state index in [-0.39, 0.29) is 44.8 Å². The van der Waals surface area contributed by atoms with E-state index in [1.54, 1.807) is 25.1 Å². The lowest BCUT2D eigenvalue weighted by Gasteiger charge is -2.21. The Kier molecular flexibility index (Phi) is 5.60. The highest BCUT2D eigenvalue weighted by Crippen LogP contribution is 2.32. The molecule has 1 amide bonds. The molecule has 7 nitrogen and oxygen atoms in total. The number of ether oxygens (including phenoxy) is 3. The summed E-state index contributed by atoms with van der Waals surface area (Å²) >= 11 is 0. The monoisotopic (exact) mass is 309 g/mol. The van der Waals surface area contributed by atoms with Gasteiger partial charge in [0.2, 0.25) is 6.79 Å². The maximum absolute atomic E-state index is 12.5. The highest BCUT2D eigenvalue weighted by Gasteiger charge is 2.20.